The third-order valence-corrected chi connectivity index (χ3v) is 3.58. The summed E-state index contributed by atoms with van der Waals surface area (Å²) in [6.07, 6.45) is 3.01. The van der Waals surface area contributed by atoms with Crippen molar-refractivity contribution in [3.8, 4) is 11.1 Å². The first-order chi connectivity index (χ1) is 10.6. The summed E-state index contributed by atoms with van der Waals surface area (Å²) in [7, 11) is 0. The molecule has 5 nitrogen and oxygen atoms in total. The Morgan fingerprint density at radius 3 is 2.73 bits per heavy atom. The maximum Gasteiger partial charge on any atom is 0.306 e. The average molecular weight is 298 g/mol. The normalized spacial score (nSPS) is 12.4. The number of carboxylic acid groups (broad SMARTS) is 1. The van der Waals surface area contributed by atoms with Gasteiger partial charge < -0.3 is 13.9 Å². The minimum atomic E-state index is -0.999. The van der Waals surface area contributed by atoms with E-state index >= 15 is 0 Å². The second kappa shape index (κ2) is 5.52. The van der Waals surface area contributed by atoms with E-state index in [1.807, 2.05) is 24.3 Å². The van der Waals surface area contributed by atoms with Crippen molar-refractivity contribution in [3.63, 3.8) is 0 Å². The van der Waals surface area contributed by atoms with E-state index in [2.05, 4.69) is 0 Å². The molecule has 2 heterocycles. The predicted octanol–water partition coefficient (Wildman–Crippen LogP) is 3.99. The second-order valence-electron chi connectivity index (χ2n) is 5.21. The summed E-state index contributed by atoms with van der Waals surface area (Å²) >= 11 is 0. The Bertz CT molecular complexity index is 839. The summed E-state index contributed by atoms with van der Waals surface area (Å²) in [6, 6.07) is 9.19. The van der Waals surface area contributed by atoms with Crippen LogP contribution in [0, 0.1) is 5.92 Å². The lowest BCUT2D eigenvalue weighted by Crippen LogP contribution is -2.14. The first-order valence-electron chi connectivity index (χ1n) is 6.87. The third kappa shape index (κ3) is 2.53. The van der Waals surface area contributed by atoms with Crippen molar-refractivity contribution in [2.24, 2.45) is 5.92 Å². The zero-order valence-electron chi connectivity index (χ0n) is 11.9. The Morgan fingerprint density at radius 1 is 1.18 bits per heavy atom. The van der Waals surface area contributed by atoms with Crippen LogP contribution in [0.15, 0.2) is 51.7 Å². The molecule has 3 rings (SSSR count). The smallest absolute Gasteiger partial charge is 0.306 e. The molecule has 0 saturated carbocycles. The number of benzene rings is 1. The van der Waals surface area contributed by atoms with Crippen molar-refractivity contribution in [2.45, 2.75) is 13.3 Å². The van der Waals surface area contributed by atoms with Gasteiger partial charge in [0.15, 0.2) is 11.5 Å². The van der Waals surface area contributed by atoms with Gasteiger partial charge in [-0.05, 0) is 12.1 Å². The van der Waals surface area contributed by atoms with Crippen molar-refractivity contribution in [1.29, 1.82) is 0 Å². The number of Topliss-reactive ketones (excluding diaryl/α,β-unsaturated/α-hetero) is 1. The molecule has 0 saturated heterocycles. The predicted molar refractivity (Wildman–Crippen MR) is 79.7 cm³/mol. The first-order valence-corrected chi connectivity index (χ1v) is 6.87. The first kappa shape index (κ1) is 14.1. The number of carbonyl (C=O) groups is 2. The molecule has 1 N–H and O–H groups in total. The number of fused-ring (bicyclic) bond motifs is 1. The van der Waals surface area contributed by atoms with Crippen LogP contribution in [0.25, 0.3) is 22.1 Å². The zero-order valence-corrected chi connectivity index (χ0v) is 11.9. The number of aliphatic carboxylic acids is 1. The molecule has 0 radical (unpaired) electrons. The fourth-order valence-corrected chi connectivity index (χ4v) is 2.29. The third-order valence-electron chi connectivity index (χ3n) is 3.58. The van der Waals surface area contributed by atoms with Gasteiger partial charge in [-0.2, -0.15) is 0 Å². The lowest BCUT2D eigenvalue weighted by Gasteiger charge is -2.02. The molecular weight excluding hydrogens is 284 g/mol. The van der Waals surface area contributed by atoms with Crippen LogP contribution in [0.2, 0.25) is 0 Å². The molecule has 22 heavy (non-hydrogen) atoms. The SMILES string of the molecule is CC(CC(=O)c1cc(-c2coc3ccccc23)co1)C(=O)O. The lowest BCUT2D eigenvalue weighted by atomic mass is 10.0. The van der Waals surface area contributed by atoms with Crippen molar-refractivity contribution in [3.05, 3.63) is 48.6 Å². The van der Waals surface area contributed by atoms with Gasteiger partial charge in [0.05, 0.1) is 18.4 Å². The number of rotatable bonds is 5. The van der Waals surface area contributed by atoms with Crippen LogP contribution in [0.3, 0.4) is 0 Å². The van der Waals surface area contributed by atoms with Crippen molar-refractivity contribution < 1.29 is 23.5 Å². The van der Waals surface area contributed by atoms with Crippen LogP contribution >= 0.6 is 0 Å². The summed E-state index contributed by atoms with van der Waals surface area (Å²) in [5, 5.41) is 9.79. The molecule has 112 valence electrons. The molecule has 1 atom stereocenters. The van der Waals surface area contributed by atoms with Crippen molar-refractivity contribution in [2.75, 3.05) is 0 Å². The monoisotopic (exact) mass is 298 g/mol. The minimum Gasteiger partial charge on any atom is -0.481 e. The van der Waals surface area contributed by atoms with Gasteiger partial charge >= 0.3 is 5.97 Å². The number of ketones is 1. The standard InChI is InChI=1S/C17H14O5/c1-10(17(19)20)6-14(18)16-7-11(8-21-16)13-9-22-15-5-3-2-4-12(13)15/h2-5,7-10H,6H2,1H3,(H,19,20). The number of carboxylic acids is 1. The summed E-state index contributed by atoms with van der Waals surface area (Å²) in [6.45, 7) is 1.49. The minimum absolute atomic E-state index is 0.0889. The Hall–Kier alpha value is -2.82. The summed E-state index contributed by atoms with van der Waals surface area (Å²) in [5.41, 5.74) is 2.33. The largest absolute Gasteiger partial charge is 0.481 e. The van der Waals surface area contributed by atoms with E-state index in [0.29, 0.717) is 0 Å². The van der Waals surface area contributed by atoms with Crippen molar-refractivity contribution >= 4 is 22.7 Å². The van der Waals surface area contributed by atoms with E-state index in [9.17, 15) is 9.59 Å². The Morgan fingerprint density at radius 2 is 1.95 bits per heavy atom. The van der Waals surface area contributed by atoms with Crippen LogP contribution in [-0.4, -0.2) is 16.9 Å². The Kier molecular flexibility index (Phi) is 3.55. The van der Waals surface area contributed by atoms with E-state index in [-0.39, 0.29) is 18.0 Å². The Balaban J connectivity index is 1.88. The molecule has 5 heteroatoms. The molecule has 0 bridgehead atoms. The molecule has 0 amide bonds. The molecule has 1 unspecified atom stereocenters. The summed E-state index contributed by atoms with van der Waals surface area (Å²) in [4.78, 5) is 22.8. The fourth-order valence-electron chi connectivity index (χ4n) is 2.29. The number of para-hydroxylation sites is 1. The van der Waals surface area contributed by atoms with E-state index in [4.69, 9.17) is 13.9 Å². The topological polar surface area (TPSA) is 80.7 Å². The highest BCUT2D eigenvalue weighted by molar-refractivity contribution is 5.99. The Labute approximate surface area is 126 Å². The summed E-state index contributed by atoms with van der Waals surface area (Å²) < 4.78 is 10.8. The number of hydrogen-bond acceptors (Lipinski definition) is 4. The highest BCUT2D eigenvalue weighted by Crippen LogP contribution is 2.32. The lowest BCUT2D eigenvalue weighted by molar-refractivity contribution is -0.141. The van der Waals surface area contributed by atoms with Crippen LogP contribution in [-0.2, 0) is 4.79 Å². The molecule has 3 aromatic rings. The number of carbonyl (C=O) groups excluding carboxylic acids is 1. The maximum absolute atomic E-state index is 12.0. The number of hydrogen-bond donors (Lipinski definition) is 1. The van der Waals surface area contributed by atoms with Crippen LogP contribution in [0.5, 0.6) is 0 Å². The van der Waals surface area contributed by atoms with Gasteiger partial charge in [0.2, 0.25) is 0 Å². The van der Waals surface area contributed by atoms with E-state index in [1.54, 1.807) is 12.3 Å². The van der Waals surface area contributed by atoms with Gasteiger partial charge in [-0.3, -0.25) is 9.59 Å². The zero-order chi connectivity index (χ0) is 15.7. The van der Waals surface area contributed by atoms with Gasteiger partial charge in [0, 0.05) is 22.9 Å². The van der Waals surface area contributed by atoms with E-state index in [0.717, 1.165) is 22.1 Å². The van der Waals surface area contributed by atoms with Gasteiger partial charge in [0.25, 0.3) is 0 Å². The molecular formula is C17H14O5. The van der Waals surface area contributed by atoms with E-state index < -0.39 is 11.9 Å². The molecule has 0 fully saturated rings. The average Bonchev–Trinajstić information content (AvgIpc) is 3.13. The molecule has 0 aliphatic rings. The highest BCUT2D eigenvalue weighted by Gasteiger charge is 2.20. The molecule has 2 aromatic heterocycles. The molecule has 1 aromatic carbocycles. The summed E-state index contributed by atoms with van der Waals surface area (Å²) in [5.74, 6) is -1.90. The quantitative estimate of drug-likeness (QED) is 0.720. The highest BCUT2D eigenvalue weighted by atomic mass is 16.4. The van der Waals surface area contributed by atoms with Gasteiger partial charge in [-0.15, -0.1) is 0 Å². The molecule has 0 spiro atoms. The van der Waals surface area contributed by atoms with Gasteiger partial charge in [-0.1, -0.05) is 25.1 Å². The molecule has 0 aliphatic carbocycles. The van der Waals surface area contributed by atoms with Gasteiger partial charge in [0.1, 0.15) is 5.58 Å². The second-order valence-corrected chi connectivity index (χ2v) is 5.21. The van der Waals surface area contributed by atoms with Crippen LogP contribution in [0.1, 0.15) is 23.9 Å². The fraction of sp³-hybridized carbons (Fsp3) is 0.176. The van der Waals surface area contributed by atoms with Crippen molar-refractivity contribution in [1.82, 2.24) is 0 Å². The van der Waals surface area contributed by atoms with Crippen LogP contribution in [0.4, 0.5) is 0 Å². The van der Waals surface area contributed by atoms with Crippen LogP contribution < -0.4 is 0 Å². The van der Waals surface area contributed by atoms with E-state index in [1.165, 1.54) is 13.2 Å². The maximum atomic E-state index is 12.0. The molecule has 0 aliphatic heterocycles. The number of furan rings is 2. The van der Waals surface area contributed by atoms with Gasteiger partial charge in [-0.25, -0.2) is 0 Å².